The molecule has 0 radical (unpaired) electrons. The normalized spacial score (nSPS) is 11.6. The maximum atomic E-state index is 10.2. The molecule has 0 amide bonds. The number of benzene rings is 8. The first kappa shape index (κ1) is 30.7. The lowest BCUT2D eigenvalue weighted by molar-refractivity contribution is 1.13. The molecule has 0 N–H and O–H groups in total. The van der Waals surface area contributed by atoms with E-state index < -0.39 is 0 Å². The first-order valence-electron chi connectivity index (χ1n) is 18.3. The Morgan fingerprint density at radius 1 is 0.364 bits per heavy atom. The van der Waals surface area contributed by atoms with Gasteiger partial charge >= 0.3 is 0 Å². The van der Waals surface area contributed by atoms with Gasteiger partial charge in [-0.2, -0.15) is 10.5 Å². The van der Waals surface area contributed by atoms with E-state index in [2.05, 4.69) is 165 Å². The van der Waals surface area contributed by atoms with Crippen LogP contribution in [0.3, 0.4) is 0 Å². The van der Waals surface area contributed by atoms with Crippen LogP contribution in [0.4, 0.5) is 0 Å². The minimum absolute atomic E-state index is 0.580. The van der Waals surface area contributed by atoms with Gasteiger partial charge < -0.3 is 13.7 Å². The van der Waals surface area contributed by atoms with Crippen LogP contribution in [-0.4, -0.2) is 13.7 Å². The van der Waals surface area contributed by atoms with Crippen molar-refractivity contribution < 1.29 is 0 Å². The molecule has 0 spiro atoms. The lowest BCUT2D eigenvalue weighted by Gasteiger charge is -2.18. The maximum absolute atomic E-state index is 10.2. The smallest absolute Gasteiger partial charge is 0.101 e. The monoisotopic (exact) mass is 699 g/mol. The van der Waals surface area contributed by atoms with Crippen molar-refractivity contribution >= 4 is 65.4 Å². The summed E-state index contributed by atoms with van der Waals surface area (Å²) in [4.78, 5) is 0. The van der Waals surface area contributed by atoms with Crippen molar-refractivity contribution in [2.45, 2.75) is 0 Å². The molecule has 0 aliphatic rings. The van der Waals surface area contributed by atoms with E-state index in [4.69, 9.17) is 0 Å². The Morgan fingerprint density at radius 2 is 0.891 bits per heavy atom. The third-order valence-electron chi connectivity index (χ3n) is 11.1. The highest BCUT2D eigenvalue weighted by Crippen LogP contribution is 2.42. The molecule has 11 aromatic rings. The summed E-state index contributed by atoms with van der Waals surface area (Å²) in [6, 6.07) is 65.9. The molecule has 0 saturated heterocycles. The highest BCUT2D eigenvalue weighted by molar-refractivity contribution is 6.15. The summed E-state index contributed by atoms with van der Waals surface area (Å²) in [5, 5.41) is 27.3. The molecule has 0 aliphatic carbocycles. The Morgan fingerprint density at radius 3 is 1.53 bits per heavy atom. The van der Waals surface area contributed by atoms with Crippen LogP contribution in [0.5, 0.6) is 0 Å². The minimum atomic E-state index is 0.580. The van der Waals surface area contributed by atoms with Crippen LogP contribution < -0.4 is 0 Å². The summed E-state index contributed by atoms with van der Waals surface area (Å²) < 4.78 is 6.96. The summed E-state index contributed by atoms with van der Waals surface area (Å²) >= 11 is 0. The zero-order valence-corrected chi connectivity index (χ0v) is 29.5. The molecule has 55 heavy (non-hydrogen) atoms. The van der Waals surface area contributed by atoms with E-state index in [0.29, 0.717) is 11.1 Å². The van der Waals surface area contributed by atoms with Gasteiger partial charge in [0.2, 0.25) is 0 Å². The zero-order chi connectivity index (χ0) is 36.6. The van der Waals surface area contributed by atoms with Gasteiger partial charge in [-0.3, -0.25) is 0 Å². The molecule has 8 aromatic carbocycles. The van der Waals surface area contributed by atoms with Crippen molar-refractivity contribution in [3.8, 4) is 40.3 Å². The Kier molecular flexibility index (Phi) is 6.61. The second-order valence-corrected chi connectivity index (χ2v) is 14.0. The molecule has 0 unspecified atom stereocenters. The Balaban J connectivity index is 1.23. The van der Waals surface area contributed by atoms with E-state index in [1.165, 1.54) is 10.8 Å². The van der Waals surface area contributed by atoms with Crippen molar-refractivity contribution in [2.75, 3.05) is 0 Å². The van der Waals surface area contributed by atoms with Gasteiger partial charge in [-0.25, -0.2) is 0 Å². The Bertz CT molecular complexity index is 3420. The van der Waals surface area contributed by atoms with Crippen LogP contribution in [0.15, 0.2) is 176 Å². The second-order valence-electron chi connectivity index (χ2n) is 14.0. The zero-order valence-electron chi connectivity index (χ0n) is 29.5. The second kappa shape index (κ2) is 11.8. The van der Waals surface area contributed by atoms with Crippen LogP contribution in [-0.2, 0) is 0 Å². The fraction of sp³-hybridized carbons (Fsp3) is 0. The van der Waals surface area contributed by atoms with E-state index in [9.17, 15) is 10.5 Å². The van der Waals surface area contributed by atoms with Gasteiger partial charge in [0, 0.05) is 43.6 Å². The molecular weight excluding hydrogens is 671 g/mol. The first-order chi connectivity index (χ1) is 27.2. The molecule has 0 atom stereocenters. The van der Waals surface area contributed by atoms with Crippen molar-refractivity contribution in [3.05, 3.63) is 187 Å². The molecule has 0 aliphatic heterocycles. The van der Waals surface area contributed by atoms with Gasteiger partial charge in [0.15, 0.2) is 0 Å². The predicted molar refractivity (Wildman–Crippen MR) is 224 cm³/mol. The summed E-state index contributed by atoms with van der Waals surface area (Å²) in [5.74, 6) is 0. The maximum Gasteiger partial charge on any atom is 0.101 e. The summed E-state index contributed by atoms with van der Waals surface area (Å²) in [5.41, 5.74) is 12.4. The van der Waals surface area contributed by atoms with E-state index in [1.54, 1.807) is 0 Å². The van der Waals surface area contributed by atoms with E-state index in [1.807, 2.05) is 36.4 Å². The van der Waals surface area contributed by atoms with E-state index in [0.717, 1.165) is 82.8 Å². The molecule has 0 bridgehead atoms. The number of aromatic nitrogens is 3. The van der Waals surface area contributed by atoms with Crippen molar-refractivity contribution in [1.29, 1.82) is 10.5 Å². The van der Waals surface area contributed by atoms with Crippen LogP contribution in [0.25, 0.3) is 93.6 Å². The van der Waals surface area contributed by atoms with Crippen LogP contribution in [0.1, 0.15) is 11.1 Å². The number of hydrogen-bond acceptors (Lipinski definition) is 2. The highest BCUT2D eigenvalue weighted by atomic mass is 15.1. The first-order valence-corrected chi connectivity index (χ1v) is 18.3. The van der Waals surface area contributed by atoms with Crippen LogP contribution in [0, 0.1) is 22.7 Å². The summed E-state index contributed by atoms with van der Waals surface area (Å²) in [7, 11) is 0. The van der Waals surface area contributed by atoms with Crippen LogP contribution >= 0.6 is 0 Å². The predicted octanol–water partition coefficient (Wildman–Crippen LogP) is 12.4. The quantitative estimate of drug-likeness (QED) is 0.184. The third kappa shape index (κ3) is 4.39. The number of fused-ring (bicyclic) bond motifs is 9. The van der Waals surface area contributed by atoms with Gasteiger partial charge in [-0.05, 0) is 72.3 Å². The number of nitrogens with zero attached hydrogens (tertiary/aromatic N) is 5. The lowest BCUT2D eigenvalue weighted by atomic mass is 10.00. The molecule has 254 valence electrons. The van der Waals surface area contributed by atoms with E-state index in [-0.39, 0.29) is 0 Å². The molecule has 3 heterocycles. The van der Waals surface area contributed by atoms with Gasteiger partial charge in [0.25, 0.3) is 0 Å². The summed E-state index contributed by atoms with van der Waals surface area (Å²) in [6.45, 7) is 0. The van der Waals surface area contributed by atoms with E-state index >= 15 is 0 Å². The largest absolute Gasteiger partial charge is 0.308 e. The van der Waals surface area contributed by atoms with Crippen molar-refractivity contribution in [3.63, 3.8) is 0 Å². The molecule has 3 aromatic heterocycles. The topological polar surface area (TPSA) is 62.4 Å². The third-order valence-corrected chi connectivity index (χ3v) is 11.1. The Labute approximate surface area is 316 Å². The lowest BCUT2D eigenvalue weighted by Crippen LogP contribution is -2.03. The molecule has 11 rings (SSSR count). The van der Waals surface area contributed by atoms with Crippen molar-refractivity contribution in [1.82, 2.24) is 13.7 Å². The van der Waals surface area contributed by atoms with Gasteiger partial charge in [0.05, 0.1) is 61.7 Å². The number of hydrogen-bond donors (Lipinski definition) is 0. The summed E-state index contributed by atoms with van der Waals surface area (Å²) in [6.07, 6.45) is 0. The van der Waals surface area contributed by atoms with Crippen molar-refractivity contribution in [2.24, 2.45) is 0 Å². The molecular formula is C50H29N5. The van der Waals surface area contributed by atoms with Gasteiger partial charge in [-0.1, -0.05) is 109 Å². The molecule has 0 fully saturated rings. The minimum Gasteiger partial charge on any atom is -0.308 e. The molecule has 5 heteroatoms. The average molecular weight is 700 g/mol. The molecule has 5 nitrogen and oxygen atoms in total. The SMILES string of the molecule is N#Cc1ccc(-n2c3ccccc3c3cccc(-n4c5ccccc5c5ccccc54)c32)c(-c2cccc(-n3c4ccccc4c4cccc(C#N)c43)c2)c1. The highest BCUT2D eigenvalue weighted by Gasteiger charge is 2.22. The number of nitriles is 2. The number of para-hydroxylation sites is 6. The average Bonchev–Trinajstić information content (AvgIpc) is 3.90. The fourth-order valence-corrected chi connectivity index (χ4v) is 8.83. The standard InChI is InChI=1S/C50H29N5/c51-30-32-26-27-47(42(28-32)33-12-9-14-35(29-33)53-43-21-5-3-17-38(43)40-19-10-13-34(31-52)49(40)53)55-46-24-8-4-18-39(46)41-20-11-25-48(50(41)55)54-44-22-6-1-15-36(44)37-16-2-7-23-45(37)54/h1-29H. The Hall–Kier alpha value is -7.86. The molecule has 0 saturated carbocycles. The fourth-order valence-electron chi connectivity index (χ4n) is 8.83. The van der Waals surface area contributed by atoms with Gasteiger partial charge in [0.1, 0.15) is 6.07 Å². The van der Waals surface area contributed by atoms with Gasteiger partial charge in [-0.15, -0.1) is 0 Å². The number of rotatable bonds is 4. The van der Waals surface area contributed by atoms with Crippen LogP contribution in [0.2, 0.25) is 0 Å².